The summed E-state index contributed by atoms with van der Waals surface area (Å²) in [6.45, 7) is 23.9. The first-order valence-corrected chi connectivity index (χ1v) is 15.5. The van der Waals surface area contributed by atoms with Crippen LogP contribution in [0.15, 0.2) is 0 Å². The van der Waals surface area contributed by atoms with Crippen LogP contribution < -0.4 is 0 Å². The zero-order valence-corrected chi connectivity index (χ0v) is 21.0. The van der Waals surface area contributed by atoms with Gasteiger partial charge in [-0.05, 0) is 43.2 Å². The first-order chi connectivity index (χ1) is 11.4. The first kappa shape index (κ1) is 24.3. The third-order valence-corrected chi connectivity index (χ3v) is 15.4. The van der Waals surface area contributed by atoms with Crippen LogP contribution in [0.25, 0.3) is 0 Å². The van der Waals surface area contributed by atoms with Crippen molar-refractivity contribution in [3.05, 3.63) is 0 Å². The van der Waals surface area contributed by atoms with Crippen LogP contribution >= 0.6 is 0 Å². The largest absolute Gasteiger partial charge is 0.408 e. The summed E-state index contributed by atoms with van der Waals surface area (Å²) in [5.41, 5.74) is 0. The summed E-state index contributed by atoms with van der Waals surface area (Å²) in [6, 6.07) is 0. The summed E-state index contributed by atoms with van der Waals surface area (Å²) >= 11 is 0. The molecule has 1 aliphatic rings. The molecule has 156 valence electrons. The number of methoxy groups -OCH3 is 1. The highest BCUT2D eigenvalue weighted by Crippen LogP contribution is 2.43. The molecule has 0 aromatic heterocycles. The monoisotopic (exact) mass is 406 g/mol. The minimum Gasteiger partial charge on any atom is -0.408 e. The van der Waals surface area contributed by atoms with E-state index in [9.17, 15) is 5.11 Å². The topological polar surface area (TPSA) is 57.2 Å². The van der Waals surface area contributed by atoms with Crippen molar-refractivity contribution in [3.8, 4) is 0 Å². The van der Waals surface area contributed by atoms with Gasteiger partial charge in [0.1, 0.15) is 18.3 Å². The maximum atomic E-state index is 10.9. The Kier molecular flexibility index (Phi) is 7.40. The maximum Gasteiger partial charge on any atom is 0.192 e. The van der Waals surface area contributed by atoms with Crippen molar-refractivity contribution in [2.45, 2.75) is 115 Å². The van der Waals surface area contributed by atoms with Gasteiger partial charge in [0.15, 0.2) is 22.9 Å². The van der Waals surface area contributed by atoms with E-state index in [1.807, 2.05) is 6.92 Å². The number of ether oxygens (including phenoxy) is 2. The Balaban J connectivity index is 3.25. The number of aliphatic hydroxyl groups is 1. The van der Waals surface area contributed by atoms with E-state index in [-0.39, 0.29) is 16.2 Å². The van der Waals surface area contributed by atoms with Crippen LogP contribution in [0.5, 0.6) is 0 Å². The van der Waals surface area contributed by atoms with E-state index in [0.29, 0.717) is 0 Å². The quantitative estimate of drug-likeness (QED) is 0.680. The van der Waals surface area contributed by atoms with Crippen molar-refractivity contribution in [2.24, 2.45) is 0 Å². The van der Waals surface area contributed by atoms with Crippen molar-refractivity contribution in [3.63, 3.8) is 0 Å². The van der Waals surface area contributed by atoms with Crippen molar-refractivity contribution in [1.29, 1.82) is 0 Å². The van der Waals surface area contributed by atoms with Crippen LogP contribution in [0.4, 0.5) is 0 Å². The second-order valence-electron chi connectivity index (χ2n) is 10.6. The molecule has 1 rings (SSSR count). The third kappa shape index (κ3) is 5.18. The summed E-state index contributed by atoms with van der Waals surface area (Å²) in [6.07, 6.45) is -2.56. The third-order valence-electron chi connectivity index (χ3n) is 6.46. The molecule has 0 aliphatic carbocycles. The summed E-state index contributed by atoms with van der Waals surface area (Å²) in [7, 11) is -2.58. The van der Waals surface area contributed by atoms with Crippen LogP contribution in [0.3, 0.4) is 0 Å². The van der Waals surface area contributed by atoms with Gasteiger partial charge in [-0.2, -0.15) is 0 Å². The molecule has 7 heteroatoms. The molecular formula is C19H42O5Si2. The van der Waals surface area contributed by atoms with Gasteiger partial charge < -0.3 is 23.4 Å². The summed E-state index contributed by atoms with van der Waals surface area (Å²) in [4.78, 5) is 0. The SMILES string of the molecule is CO[C@H]1OC(C)[C@@H](O)C(O[Si](C)(C)C(C)(C)C)C1O[Si](C)(C)C(C)(C)C. The standard InChI is InChI=1S/C19H42O5Si2/c1-13-14(20)15(23-25(9,10)18(2,3)4)16(17(21-8)22-13)24-26(11,12)19(5,6)7/h13-17,20H,1-12H3/t13?,14-,15?,16?,17+/m1/s1. The maximum absolute atomic E-state index is 10.9. The average molecular weight is 407 g/mol. The minimum atomic E-state index is -2.10. The summed E-state index contributed by atoms with van der Waals surface area (Å²) < 4.78 is 24.8. The summed E-state index contributed by atoms with van der Waals surface area (Å²) in [5.74, 6) is 0. The van der Waals surface area contributed by atoms with Gasteiger partial charge in [-0.3, -0.25) is 0 Å². The van der Waals surface area contributed by atoms with Crippen LogP contribution in [0.1, 0.15) is 48.5 Å². The van der Waals surface area contributed by atoms with Gasteiger partial charge in [-0.1, -0.05) is 41.5 Å². The zero-order valence-electron chi connectivity index (χ0n) is 19.0. The van der Waals surface area contributed by atoms with E-state index in [4.69, 9.17) is 18.3 Å². The number of hydrogen-bond acceptors (Lipinski definition) is 5. The molecule has 5 atom stereocenters. The molecule has 1 heterocycles. The van der Waals surface area contributed by atoms with Gasteiger partial charge in [0, 0.05) is 7.11 Å². The van der Waals surface area contributed by atoms with Gasteiger partial charge in [-0.25, -0.2) is 0 Å². The molecule has 3 unspecified atom stereocenters. The molecule has 1 saturated heterocycles. The highest BCUT2D eigenvalue weighted by atomic mass is 28.4. The number of rotatable bonds is 5. The molecule has 0 spiro atoms. The van der Waals surface area contributed by atoms with E-state index >= 15 is 0 Å². The highest BCUT2D eigenvalue weighted by Gasteiger charge is 2.52. The van der Waals surface area contributed by atoms with Crippen LogP contribution in [0.2, 0.25) is 36.3 Å². The molecule has 1 N–H and O–H groups in total. The number of aliphatic hydroxyl groups excluding tert-OH is 1. The Morgan fingerprint density at radius 2 is 1.19 bits per heavy atom. The Morgan fingerprint density at radius 3 is 1.54 bits per heavy atom. The lowest BCUT2D eigenvalue weighted by Gasteiger charge is -2.51. The molecule has 0 saturated carbocycles. The fraction of sp³-hybridized carbons (Fsp3) is 1.00. The molecule has 0 amide bonds. The minimum absolute atomic E-state index is 0.0400. The van der Waals surface area contributed by atoms with Gasteiger partial charge in [0.05, 0.1) is 6.10 Å². The first-order valence-electron chi connectivity index (χ1n) is 9.66. The molecule has 1 aliphatic heterocycles. The van der Waals surface area contributed by atoms with Gasteiger partial charge >= 0.3 is 0 Å². The van der Waals surface area contributed by atoms with E-state index in [1.165, 1.54) is 0 Å². The molecule has 0 radical (unpaired) electrons. The van der Waals surface area contributed by atoms with Gasteiger partial charge in [0.25, 0.3) is 0 Å². The van der Waals surface area contributed by atoms with Crippen molar-refractivity contribution >= 4 is 16.6 Å². The lowest BCUT2D eigenvalue weighted by molar-refractivity contribution is -0.279. The van der Waals surface area contributed by atoms with E-state index < -0.39 is 41.2 Å². The summed E-state index contributed by atoms with van der Waals surface area (Å²) in [5, 5.41) is 11.0. The second kappa shape index (κ2) is 7.93. The Hall–Kier alpha value is 0.234. The van der Waals surface area contributed by atoms with E-state index in [2.05, 4.69) is 67.7 Å². The average Bonchev–Trinajstić information content (AvgIpc) is 2.43. The van der Waals surface area contributed by atoms with Crippen molar-refractivity contribution in [2.75, 3.05) is 7.11 Å². The molecule has 0 bridgehead atoms. The van der Waals surface area contributed by atoms with Crippen LogP contribution in [-0.4, -0.2) is 59.6 Å². The molecule has 1 fully saturated rings. The predicted molar refractivity (Wildman–Crippen MR) is 111 cm³/mol. The second-order valence-corrected chi connectivity index (χ2v) is 20.1. The molecule has 5 nitrogen and oxygen atoms in total. The lowest BCUT2D eigenvalue weighted by atomic mass is 10.0. The van der Waals surface area contributed by atoms with Gasteiger partial charge in [0.2, 0.25) is 0 Å². The zero-order chi connectivity index (χ0) is 20.7. The van der Waals surface area contributed by atoms with E-state index in [1.54, 1.807) is 7.11 Å². The molecule has 0 aromatic carbocycles. The highest BCUT2D eigenvalue weighted by molar-refractivity contribution is 6.74. The fourth-order valence-corrected chi connectivity index (χ4v) is 5.06. The molecule has 26 heavy (non-hydrogen) atoms. The van der Waals surface area contributed by atoms with Gasteiger partial charge in [-0.15, -0.1) is 0 Å². The van der Waals surface area contributed by atoms with E-state index in [0.717, 1.165) is 0 Å². The Bertz CT molecular complexity index is 440. The predicted octanol–water partition coefficient (Wildman–Crippen LogP) is 4.52. The fourth-order valence-electron chi connectivity index (χ4n) is 2.47. The smallest absolute Gasteiger partial charge is 0.192 e. The Labute approximate surface area is 163 Å². The Morgan fingerprint density at radius 1 is 0.808 bits per heavy atom. The lowest BCUT2D eigenvalue weighted by Crippen LogP contribution is -2.64. The molecule has 0 aromatic rings. The normalized spacial score (nSPS) is 32.0. The van der Waals surface area contributed by atoms with Crippen LogP contribution in [-0.2, 0) is 18.3 Å². The van der Waals surface area contributed by atoms with Crippen LogP contribution in [0, 0.1) is 0 Å². The van der Waals surface area contributed by atoms with Crippen molar-refractivity contribution < 1.29 is 23.4 Å². The number of hydrogen-bond donors (Lipinski definition) is 1. The van der Waals surface area contributed by atoms with Crippen molar-refractivity contribution in [1.82, 2.24) is 0 Å². The molecular weight excluding hydrogens is 364 g/mol.